The van der Waals surface area contributed by atoms with Crippen molar-refractivity contribution in [2.75, 3.05) is 44.2 Å². The number of ether oxygens (including phenoxy) is 1. The molecular weight excluding hydrogens is 493 g/mol. The van der Waals surface area contributed by atoms with Gasteiger partial charge in [-0.2, -0.15) is 9.28 Å². The number of primary amides is 1. The number of benzene rings is 1. The first-order chi connectivity index (χ1) is 18.3. The molecule has 5 rings (SSSR count). The molecule has 2 aliphatic rings. The summed E-state index contributed by atoms with van der Waals surface area (Å²) in [5.74, 6) is -0.849. The number of hydrogen-bond donors (Lipinski definition) is 1. The van der Waals surface area contributed by atoms with Crippen molar-refractivity contribution >= 4 is 29.5 Å². The van der Waals surface area contributed by atoms with E-state index in [2.05, 4.69) is 15.0 Å². The zero-order valence-electron chi connectivity index (χ0n) is 20.8. The van der Waals surface area contributed by atoms with Crippen LogP contribution in [0.25, 0.3) is 11.1 Å². The van der Waals surface area contributed by atoms with Crippen LogP contribution in [0.2, 0.25) is 0 Å². The molecule has 38 heavy (non-hydrogen) atoms. The van der Waals surface area contributed by atoms with Gasteiger partial charge in [0, 0.05) is 74.2 Å². The number of aromatic nitrogens is 3. The highest BCUT2D eigenvalue weighted by Gasteiger charge is 2.53. The van der Waals surface area contributed by atoms with Gasteiger partial charge in [0.25, 0.3) is 11.8 Å². The van der Waals surface area contributed by atoms with E-state index in [-0.39, 0.29) is 30.3 Å². The quantitative estimate of drug-likeness (QED) is 0.488. The van der Waals surface area contributed by atoms with Gasteiger partial charge in [0.15, 0.2) is 6.04 Å². The molecule has 2 fully saturated rings. The number of cyclic esters (lactones) is 1. The minimum absolute atomic E-state index is 0.0653. The predicted molar refractivity (Wildman–Crippen MR) is 136 cm³/mol. The largest absolute Gasteiger partial charge is 0.522 e. The maximum Gasteiger partial charge on any atom is 0.522 e. The molecule has 196 valence electrons. The van der Waals surface area contributed by atoms with Gasteiger partial charge in [-0.15, -0.1) is 0 Å². The Morgan fingerprint density at radius 1 is 1.11 bits per heavy atom. The Hall–Kier alpha value is -4.45. The zero-order valence-corrected chi connectivity index (χ0v) is 20.8. The fourth-order valence-corrected chi connectivity index (χ4v) is 4.90. The van der Waals surface area contributed by atoms with Gasteiger partial charge >= 0.3 is 6.09 Å². The number of piperazine rings is 1. The van der Waals surface area contributed by atoms with E-state index >= 15 is 4.39 Å². The van der Waals surface area contributed by atoms with Crippen molar-refractivity contribution < 1.29 is 23.5 Å². The lowest BCUT2D eigenvalue weighted by atomic mass is 10.1. The monoisotopic (exact) mass is 520 g/mol. The highest BCUT2D eigenvalue weighted by molar-refractivity contribution is 5.94. The number of nitrogens with two attached hydrogens (primary N) is 1. The molecule has 0 radical (unpaired) electrons. The number of rotatable bonds is 6. The average Bonchev–Trinajstić information content (AvgIpc) is 3.34. The average molecular weight is 521 g/mol. The third-order valence-corrected chi connectivity index (χ3v) is 7.19. The van der Waals surface area contributed by atoms with Crippen molar-refractivity contribution in [2.24, 2.45) is 5.73 Å². The number of anilines is 1. The molecule has 0 spiro atoms. The van der Waals surface area contributed by atoms with Gasteiger partial charge in [-0.1, -0.05) is 0 Å². The third kappa shape index (κ3) is 4.43. The summed E-state index contributed by atoms with van der Waals surface area (Å²) in [6.07, 6.45) is 5.61. The van der Waals surface area contributed by atoms with Crippen molar-refractivity contribution in [3.8, 4) is 11.1 Å². The van der Waals surface area contributed by atoms with E-state index < -0.39 is 28.3 Å². The number of carbonyl (C=O) groups excluding carboxylic acids is 3. The molecular formula is C26H27FN7O4+. The van der Waals surface area contributed by atoms with E-state index in [1.54, 1.807) is 35.5 Å². The van der Waals surface area contributed by atoms with E-state index in [4.69, 9.17) is 10.5 Å². The molecule has 2 saturated heterocycles. The Balaban J connectivity index is 1.30. The molecule has 2 atom stereocenters. The van der Waals surface area contributed by atoms with Crippen LogP contribution < -0.4 is 15.1 Å². The molecule has 2 N–H and O–H groups in total. The van der Waals surface area contributed by atoms with Crippen LogP contribution in [-0.2, 0) is 9.53 Å². The van der Waals surface area contributed by atoms with Crippen molar-refractivity contribution in [2.45, 2.75) is 13.0 Å². The Labute approximate surface area is 218 Å². The summed E-state index contributed by atoms with van der Waals surface area (Å²) in [7, 11) is 0. The number of quaternary nitrogens is 1. The van der Waals surface area contributed by atoms with Gasteiger partial charge in [-0.05, 0) is 25.1 Å². The molecule has 2 aromatic heterocycles. The summed E-state index contributed by atoms with van der Waals surface area (Å²) in [6.45, 7) is 3.97. The molecule has 4 heterocycles. The lowest BCUT2D eigenvalue weighted by Gasteiger charge is -2.34. The van der Waals surface area contributed by atoms with Crippen molar-refractivity contribution in [1.29, 1.82) is 0 Å². The van der Waals surface area contributed by atoms with Gasteiger partial charge in [-0.3, -0.25) is 14.6 Å². The maximum atomic E-state index is 15.3. The maximum absolute atomic E-state index is 15.3. The number of amides is 3. The minimum Gasteiger partial charge on any atom is -0.414 e. The van der Waals surface area contributed by atoms with Crippen LogP contribution in [0.4, 0.5) is 20.8 Å². The number of nitrogens with zero attached hydrogens (tertiary/aromatic N) is 6. The van der Waals surface area contributed by atoms with E-state index in [0.29, 0.717) is 43.3 Å². The number of pyridine rings is 1. The smallest absolute Gasteiger partial charge is 0.414 e. The molecule has 11 nitrogen and oxygen atoms in total. The van der Waals surface area contributed by atoms with Gasteiger partial charge in [0.1, 0.15) is 24.7 Å². The van der Waals surface area contributed by atoms with Crippen LogP contribution in [0.15, 0.2) is 55.1 Å². The topological polar surface area (TPSA) is 132 Å². The first-order valence-electron chi connectivity index (χ1n) is 12.2. The lowest BCUT2D eigenvalue weighted by molar-refractivity contribution is -0.121. The number of carbonyl (C=O) groups is 3. The molecule has 3 aromatic rings. The molecule has 2 aliphatic heterocycles. The molecule has 0 saturated carbocycles. The highest BCUT2D eigenvalue weighted by Crippen LogP contribution is 2.35. The van der Waals surface area contributed by atoms with Gasteiger partial charge < -0.3 is 20.3 Å². The molecule has 12 heteroatoms. The third-order valence-electron chi connectivity index (χ3n) is 7.19. The normalized spacial score (nSPS) is 20.2. The van der Waals surface area contributed by atoms with Crippen LogP contribution in [0.3, 0.4) is 0 Å². The van der Waals surface area contributed by atoms with Crippen LogP contribution in [-0.4, -0.2) is 83.1 Å². The minimum atomic E-state index is -0.919. The van der Waals surface area contributed by atoms with E-state index in [1.165, 1.54) is 31.5 Å². The first kappa shape index (κ1) is 25.2. The fraction of sp³-hybridized carbons (Fsp3) is 0.308. The summed E-state index contributed by atoms with van der Waals surface area (Å²) in [4.78, 5) is 53.7. The van der Waals surface area contributed by atoms with Crippen LogP contribution in [0.5, 0.6) is 0 Å². The van der Waals surface area contributed by atoms with Gasteiger partial charge in [0.05, 0.1) is 5.56 Å². The van der Waals surface area contributed by atoms with Crippen LogP contribution in [0, 0.1) is 5.82 Å². The summed E-state index contributed by atoms with van der Waals surface area (Å²) in [6, 6.07) is 6.91. The Bertz CT molecular complexity index is 1360. The molecule has 0 aliphatic carbocycles. The fourth-order valence-electron chi connectivity index (χ4n) is 4.90. The first-order valence-corrected chi connectivity index (χ1v) is 12.2. The summed E-state index contributed by atoms with van der Waals surface area (Å²) >= 11 is 0. The second-order valence-corrected chi connectivity index (χ2v) is 9.24. The lowest BCUT2D eigenvalue weighted by Crippen LogP contribution is -2.61. The molecule has 1 aromatic carbocycles. The van der Waals surface area contributed by atoms with Gasteiger partial charge in [-0.25, -0.2) is 14.4 Å². The second kappa shape index (κ2) is 10.1. The molecule has 2 unspecified atom stereocenters. The van der Waals surface area contributed by atoms with Crippen molar-refractivity contribution in [3.05, 3.63) is 66.5 Å². The van der Waals surface area contributed by atoms with Crippen LogP contribution >= 0.6 is 0 Å². The predicted octanol–water partition coefficient (Wildman–Crippen LogP) is 1.97. The number of hydrogen-bond acceptors (Lipinski definition) is 8. The summed E-state index contributed by atoms with van der Waals surface area (Å²) < 4.78 is 19.9. The Kier molecular flexibility index (Phi) is 6.72. The SMILES string of the molecule is CC(C(N)=O)[N+]1(c2ccc(-c3cnc(N4CCN(C(=O)c5cccnc5)CC4)nc3)c(F)c2)CCOC1=O. The van der Waals surface area contributed by atoms with Gasteiger partial charge in [0.2, 0.25) is 5.95 Å². The zero-order chi connectivity index (χ0) is 26.9. The van der Waals surface area contributed by atoms with Crippen LogP contribution in [0.1, 0.15) is 17.3 Å². The Morgan fingerprint density at radius 2 is 1.84 bits per heavy atom. The highest BCUT2D eigenvalue weighted by atomic mass is 19.1. The summed E-state index contributed by atoms with van der Waals surface area (Å²) in [5, 5.41) is 0. The standard InChI is InChI=1S/C26H26FN7O4/c1-17(23(28)35)34(11-12-38-26(34)37)20-4-5-21(22(27)13-20)19-15-30-25(31-16-19)33-9-7-32(8-10-33)24(36)18-3-2-6-29-14-18/h2-6,13-17H,7-12H2,1H3,(H-,28,35)/p+1. The Morgan fingerprint density at radius 3 is 2.42 bits per heavy atom. The summed E-state index contributed by atoms with van der Waals surface area (Å²) in [5.41, 5.74) is 7.04. The van der Waals surface area contributed by atoms with E-state index in [0.717, 1.165) is 0 Å². The van der Waals surface area contributed by atoms with E-state index in [1.807, 2.05) is 4.90 Å². The van der Waals surface area contributed by atoms with E-state index in [9.17, 15) is 14.4 Å². The van der Waals surface area contributed by atoms with Crippen molar-refractivity contribution in [1.82, 2.24) is 24.3 Å². The van der Waals surface area contributed by atoms with Crippen molar-refractivity contribution in [3.63, 3.8) is 0 Å². The molecule has 3 amide bonds. The molecule has 0 bridgehead atoms. The number of halogens is 1. The second-order valence-electron chi connectivity index (χ2n) is 9.24.